The molecule has 0 atom stereocenters. The number of rotatable bonds is 8. The van der Waals surface area contributed by atoms with Crippen LogP contribution in [0.1, 0.15) is 124 Å². The van der Waals surface area contributed by atoms with E-state index in [-0.39, 0.29) is 16.2 Å². The Labute approximate surface area is 364 Å². The number of anilines is 2. The number of pyridine rings is 1. The van der Waals surface area contributed by atoms with Crippen LogP contribution >= 0.6 is 0 Å². The Kier molecular flexibility index (Phi) is 10.7. The molecule has 61 heavy (non-hydrogen) atoms. The van der Waals surface area contributed by atoms with Crippen molar-refractivity contribution in [1.29, 1.82) is 0 Å². The zero-order chi connectivity index (χ0) is 43.6. The van der Waals surface area contributed by atoms with Crippen LogP contribution in [0.4, 0.5) is 11.4 Å². The van der Waals surface area contributed by atoms with Gasteiger partial charge in [-0.15, -0.1) is 0 Å². The Morgan fingerprint density at radius 3 is 1.85 bits per heavy atom. The van der Waals surface area contributed by atoms with E-state index >= 15 is 0 Å². The van der Waals surface area contributed by atoms with Gasteiger partial charge in [-0.2, -0.15) is 0 Å². The van der Waals surface area contributed by atoms with E-state index in [0.717, 1.165) is 34.0 Å². The third kappa shape index (κ3) is 8.20. The summed E-state index contributed by atoms with van der Waals surface area (Å²) in [5.74, 6) is 3.39. The molecule has 0 spiro atoms. The number of para-hydroxylation sites is 1. The summed E-state index contributed by atoms with van der Waals surface area (Å²) in [7, 11) is 0. The van der Waals surface area contributed by atoms with Crippen molar-refractivity contribution < 1.29 is 4.74 Å². The van der Waals surface area contributed by atoms with Gasteiger partial charge in [-0.3, -0.25) is 4.57 Å². The molecule has 3 heterocycles. The van der Waals surface area contributed by atoms with Gasteiger partial charge in [0, 0.05) is 57.8 Å². The number of hydrogen-bond acceptors (Lipinski definition) is 4. The van der Waals surface area contributed by atoms with Gasteiger partial charge >= 0.3 is 0 Å². The molecule has 1 aliphatic heterocycles. The maximum Gasteiger partial charge on any atom is 0.137 e. The predicted octanol–water partition coefficient (Wildman–Crippen LogP) is 15.7. The van der Waals surface area contributed by atoms with Gasteiger partial charge in [-0.1, -0.05) is 139 Å². The van der Waals surface area contributed by atoms with Crippen molar-refractivity contribution in [3.8, 4) is 28.4 Å². The molecule has 8 rings (SSSR count). The standard InChI is InChI=1S/C56H64N4O/c1-36(2)45-18-16-19-46(37(3)4)53(45)38-21-23-41(24-22-38)59-35-58(34-51(59)56(11,12)13)42-29-40(55(8,9)10)30-44(32-42)61-43-25-26-48-47-17-14-15-20-49(47)60(50(48)33-43)52-31-39(27-28-57-52)54(5,6)7/h14-34,36-37H,35H2,1-13H3. The molecule has 0 saturated carbocycles. The van der Waals surface area contributed by atoms with Crippen LogP contribution in [0, 0.1) is 5.41 Å². The smallest absolute Gasteiger partial charge is 0.137 e. The van der Waals surface area contributed by atoms with Crippen molar-refractivity contribution in [3.05, 3.63) is 156 Å². The van der Waals surface area contributed by atoms with E-state index < -0.39 is 0 Å². The second kappa shape index (κ2) is 15.6. The van der Waals surface area contributed by atoms with Crippen molar-refractivity contribution in [2.24, 2.45) is 5.41 Å². The largest absolute Gasteiger partial charge is 0.457 e. The molecule has 314 valence electrons. The summed E-state index contributed by atoms with van der Waals surface area (Å²) in [6.07, 6.45) is 4.27. The van der Waals surface area contributed by atoms with Crippen LogP contribution in [-0.4, -0.2) is 16.2 Å². The lowest BCUT2D eigenvalue weighted by atomic mass is 9.85. The van der Waals surface area contributed by atoms with E-state index in [1.165, 1.54) is 55.5 Å². The number of fused-ring (bicyclic) bond motifs is 3. The first-order chi connectivity index (χ1) is 28.8. The SMILES string of the molecule is CC(C)c1cccc(C(C)C)c1-c1ccc(N2CN(c3cc(Oc4ccc5c6ccccc6n(-c6cc(C(C)(C)C)ccn6)c5c4)cc(C(C)(C)C)c3)C=C2C(C)(C)C)cc1. The summed E-state index contributed by atoms with van der Waals surface area (Å²) < 4.78 is 9.18. The maximum absolute atomic E-state index is 6.91. The molecule has 0 N–H and O–H groups in total. The predicted molar refractivity (Wildman–Crippen MR) is 260 cm³/mol. The molecule has 7 aromatic rings. The van der Waals surface area contributed by atoms with E-state index in [1.54, 1.807) is 0 Å². The Hall–Kier alpha value is -5.81. The summed E-state index contributed by atoms with van der Waals surface area (Å²) in [6, 6.07) is 42.2. The van der Waals surface area contributed by atoms with E-state index in [0.29, 0.717) is 18.5 Å². The highest BCUT2D eigenvalue weighted by Gasteiger charge is 2.32. The molecular formula is C56H64N4O. The second-order valence-corrected chi connectivity index (χ2v) is 20.7. The molecule has 0 aliphatic carbocycles. The molecule has 1 aliphatic rings. The van der Waals surface area contributed by atoms with Crippen molar-refractivity contribution in [1.82, 2.24) is 9.55 Å². The molecule has 0 saturated heterocycles. The monoisotopic (exact) mass is 809 g/mol. The highest BCUT2D eigenvalue weighted by molar-refractivity contribution is 6.09. The molecule has 0 bridgehead atoms. The van der Waals surface area contributed by atoms with Gasteiger partial charge in [-0.25, -0.2) is 4.98 Å². The van der Waals surface area contributed by atoms with Gasteiger partial charge in [0.05, 0.1) is 17.7 Å². The number of benzene rings is 5. The Morgan fingerprint density at radius 1 is 0.557 bits per heavy atom. The van der Waals surface area contributed by atoms with Crippen LogP contribution in [-0.2, 0) is 10.8 Å². The number of hydrogen-bond donors (Lipinski definition) is 0. The molecular weight excluding hydrogens is 745 g/mol. The van der Waals surface area contributed by atoms with Crippen LogP contribution in [0.25, 0.3) is 38.8 Å². The minimum absolute atomic E-state index is 0.00182. The average molecular weight is 809 g/mol. The Balaban J connectivity index is 1.16. The van der Waals surface area contributed by atoms with Gasteiger partial charge in [0.15, 0.2) is 0 Å². The van der Waals surface area contributed by atoms with Crippen molar-refractivity contribution >= 4 is 33.2 Å². The van der Waals surface area contributed by atoms with E-state index in [4.69, 9.17) is 9.72 Å². The maximum atomic E-state index is 6.91. The fourth-order valence-electron chi connectivity index (χ4n) is 8.80. The van der Waals surface area contributed by atoms with Gasteiger partial charge in [-0.05, 0) is 111 Å². The lowest BCUT2D eigenvalue weighted by Crippen LogP contribution is -2.30. The van der Waals surface area contributed by atoms with Crippen molar-refractivity contribution in [2.45, 2.75) is 113 Å². The summed E-state index contributed by atoms with van der Waals surface area (Å²) in [4.78, 5) is 9.76. The van der Waals surface area contributed by atoms with Crippen LogP contribution in [0.2, 0.25) is 0 Å². The number of aromatic nitrogens is 2. The zero-order valence-electron chi connectivity index (χ0n) is 38.7. The molecule has 0 radical (unpaired) electrons. The lowest BCUT2D eigenvalue weighted by Gasteiger charge is -2.31. The third-order valence-corrected chi connectivity index (χ3v) is 12.3. The van der Waals surface area contributed by atoms with Crippen LogP contribution < -0.4 is 14.5 Å². The van der Waals surface area contributed by atoms with Crippen LogP contribution in [0.5, 0.6) is 11.5 Å². The number of ether oxygens (including phenoxy) is 1. The highest BCUT2D eigenvalue weighted by Crippen LogP contribution is 2.43. The second-order valence-electron chi connectivity index (χ2n) is 20.7. The third-order valence-electron chi connectivity index (χ3n) is 12.3. The van der Waals surface area contributed by atoms with Gasteiger partial charge in [0.25, 0.3) is 0 Å². The fraction of sp³-hybridized carbons (Fsp3) is 0.339. The van der Waals surface area contributed by atoms with Gasteiger partial charge in [0.2, 0.25) is 0 Å². The quantitative estimate of drug-likeness (QED) is 0.153. The highest BCUT2D eigenvalue weighted by atomic mass is 16.5. The van der Waals surface area contributed by atoms with E-state index in [2.05, 4.69) is 226 Å². The van der Waals surface area contributed by atoms with Crippen molar-refractivity contribution in [3.63, 3.8) is 0 Å². The first-order valence-electron chi connectivity index (χ1n) is 22.1. The molecule has 5 nitrogen and oxygen atoms in total. The average Bonchev–Trinajstić information content (AvgIpc) is 3.81. The molecule has 5 aromatic carbocycles. The van der Waals surface area contributed by atoms with Crippen molar-refractivity contribution in [2.75, 3.05) is 16.5 Å². The molecule has 0 unspecified atom stereocenters. The molecule has 0 amide bonds. The molecule has 2 aromatic heterocycles. The normalized spacial score (nSPS) is 13.9. The first kappa shape index (κ1) is 41.9. The van der Waals surface area contributed by atoms with E-state index in [1.807, 2.05) is 6.20 Å². The Bertz CT molecular complexity index is 2740. The summed E-state index contributed by atoms with van der Waals surface area (Å²) in [5, 5.41) is 2.36. The Morgan fingerprint density at radius 2 is 1.21 bits per heavy atom. The fourth-order valence-corrected chi connectivity index (χ4v) is 8.80. The molecule has 5 heteroatoms. The summed E-state index contributed by atoms with van der Waals surface area (Å²) in [5.41, 5.74) is 13.5. The number of nitrogens with zero attached hydrogens (tertiary/aromatic N) is 4. The minimum Gasteiger partial charge on any atom is -0.457 e. The van der Waals surface area contributed by atoms with E-state index in [9.17, 15) is 0 Å². The van der Waals surface area contributed by atoms with Crippen LogP contribution in [0.15, 0.2) is 133 Å². The first-order valence-corrected chi connectivity index (χ1v) is 22.1. The minimum atomic E-state index is -0.0961. The molecule has 0 fully saturated rings. The lowest BCUT2D eigenvalue weighted by molar-refractivity contribution is 0.479. The van der Waals surface area contributed by atoms with Gasteiger partial charge in [0.1, 0.15) is 17.3 Å². The summed E-state index contributed by atoms with van der Waals surface area (Å²) >= 11 is 0. The summed E-state index contributed by atoms with van der Waals surface area (Å²) in [6.45, 7) is 30.4. The van der Waals surface area contributed by atoms with Crippen LogP contribution in [0.3, 0.4) is 0 Å². The topological polar surface area (TPSA) is 33.5 Å². The zero-order valence-corrected chi connectivity index (χ0v) is 38.7. The number of allylic oxidation sites excluding steroid dienone is 1. The van der Waals surface area contributed by atoms with Gasteiger partial charge < -0.3 is 14.5 Å².